The number of methoxy groups -OCH3 is 1. The van der Waals surface area contributed by atoms with Gasteiger partial charge in [-0.1, -0.05) is 35.9 Å². The smallest absolute Gasteiger partial charge is 0.329 e. The van der Waals surface area contributed by atoms with Crippen molar-refractivity contribution < 1.29 is 23.9 Å². The van der Waals surface area contributed by atoms with Gasteiger partial charge in [-0.15, -0.1) is 0 Å². The van der Waals surface area contributed by atoms with Crippen LogP contribution in [0.2, 0.25) is 5.02 Å². The molecule has 174 valence electrons. The van der Waals surface area contributed by atoms with Crippen LogP contribution in [-0.4, -0.2) is 37.7 Å². The van der Waals surface area contributed by atoms with Crippen LogP contribution in [0.4, 0.5) is 11.4 Å². The van der Waals surface area contributed by atoms with Gasteiger partial charge in [0.15, 0.2) is 6.61 Å². The Balaban J connectivity index is 1.52. The van der Waals surface area contributed by atoms with Crippen LogP contribution in [0, 0.1) is 0 Å². The molecule has 0 aliphatic heterocycles. The van der Waals surface area contributed by atoms with Gasteiger partial charge in [-0.3, -0.25) is 14.4 Å². The molecule has 3 rings (SSSR count). The van der Waals surface area contributed by atoms with Crippen molar-refractivity contribution in [1.82, 2.24) is 5.43 Å². The summed E-state index contributed by atoms with van der Waals surface area (Å²) in [5.74, 6) is -1.26. The van der Waals surface area contributed by atoms with Gasteiger partial charge < -0.3 is 20.1 Å². The summed E-state index contributed by atoms with van der Waals surface area (Å²) in [6.45, 7) is -0.271. The van der Waals surface area contributed by atoms with E-state index in [-0.39, 0.29) is 6.61 Å². The molecule has 0 atom stereocenters. The second-order valence-electron chi connectivity index (χ2n) is 6.74. The van der Waals surface area contributed by atoms with Crippen molar-refractivity contribution in [3.63, 3.8) is 0 Å². The van der Waals surface area contributed by atoms with E-state index in [4.69, 9.17) is 21.1 Å². The number of ether oxygens (including phenoxy) is 2. The molecule has 3 N–H and O–H groups in total. The van der Waals surface area contributed by atoms with Gasteiger partial charge in [0, 0.05) is 11.3 Å². The third-order valence-corrected chi connectivity index (χ3v) is 4.68. The standard InChI is InChI=1S/C24H21ClN4O5/c1-33-18-12-10-17(11-13-18)27-23(31)24(32)29-26-14-16-6-2-5-9-21(16)34-15-22(30)28-20-8-4-3-7-19(20)25/h2-14H,15H2,1H3,(H,27,31)(H,28,30)(H,29,32)/b26-14-. The molecule has 34 heavy (non-hydrogen) atoms. The molecular formula is C24H21ClN4O5. The monoisotopic (exact) mass is 480 g/mol. The Morgan fingerprint density at radius 3 is 2.35 bits per heavy atom. The van der Waals surface area contributed by atoms with Crippen LogP contribution in [0.15, 0.2) is 77.9 Å². The number of nitrogens with zero attached hydrogens (tertiary/aromatic N) is 1. The summed E-state index contributed by atoms with van der Waals surface area (Å²) in [4.78, 5) is 36.2. The van der Waals surface area contributed by atoms with E-state index >= 15 is 0 Å². The molecule has 0 radical (unpaired) electrons. The number of carbonyl (C=O) groups is 3. The van der Waals surface area contributed by atoms with E-state index in [0.29, 0.717) is 33.5 Å². The van der Waals surface area contributed by atoms with Crippen molar-refractivity contribution >= 4 is 46.9 Å². The zero-order valence-electron chi connectivity index (χ0n) is 18.1. The number of amides is 3. The first kappa shape index (κ1) is 24.3. The summed E-state index contributed by atoms with van der Waals surface area (Å²) in [5, 5.41) is 9.32. The number of anilines is 2. The highest BCUT2D eigenvalue weighted by Crippen LogP contribution is 2.21. The van der Waals surface area contributed by atoms with Gasteiger partial charge in [-0.25, -0.2) is 5.43 Å². The van der Waals surface area contributed by atoms with E-state index in [9.17, 15) is 14.4 Å². The molecule has 0 fully saturated rings. The molecule has 3 aromatic rings. The first-order valence-electron chi connectivity index (χ1n) is 10.0. The van der Waals surface area contributed by atoms with Gasteiger partial charge in [0.25, 0.3) is 5.91 Å². The van der Waals surface area contributed by atoms with Crippen molar-refractivity contribution in [2.24, 2.45) is 5.10 Å². The van der Waals surface area contributed by atoms with Gasteiger partial charge in [-0.2, -0.15) is 5.10 Å². The predicted octanol–water partition coefficient (Wildman–Crippen LogP) is 3.45. The van der Waals surface area contributed by atoms with Gasteiger partial charge >= 0.3 is 11.8 Å². The van der Waals surface area contributed by atoms with E-state index in [1.54, 1.807) is 72.8 Å². The largest absolute Gasteiger partial charge is 0.497 e. The number of hydrazone groups is 1. The number of hydrogen-bond donors (Lipinski definition) is 3. The molecule has 9 nitrogen and oxygen atoms in total. The Morgan fingerprint density at radius 2 is 1.62 bits per heavy atom. The second kappa shape index (κ2) is 12.0. The molecule has 3 aromatic carbocycles. The number of rotatable bonds is 8. The lowest BCUT2D eigenvalue weighted by molar-refractivity contribution is -0.136. The third kappa shape index (κ3) is 7.07. The number of para-hydroxylation sites is 2. The zero-order valence-corrected chi connectivity index (χ0v) is 18.8. The molecule has 0 saturated heterocycles. The van der Waals surface area contributed by atoms with Gasteiger partial charge in [0.2, 0.25) is 0 Å². The number of carbonyl (C=O) groups excluding carboxylic acids is 3. The number of nitrogens with one attached hydrogen (secondary N) is 3. The fourth-order valence-electron chi connectivity index (χ4n) is 2.68. The SMILES string of the molecule is COc1ccc(NC(=O)C(=O)N/N=C\c2ccccc2OCC(=O)Nc2ccccc2Cl)cc1. The summed E-state index contributed by atoms with van der Waals surface area (Å²) >= 11 is 6.03. The Bertz CT molecular complexity index is 1200. The van der Waals surface area contributed by atoms with Crippen LogP contribution < -0.4 is 25.5 Å². The van der Waals surface area contributed by atoms with E-state index in [1.165, 1.54) is 13.3 Å². The second-order valence-corrected chi connectivity index (χ2v) is 7.14. The van der Waals surface area contributed by atoms with Gasteiger partial charge in [0.1, 0.15) is 11.5 Å². The molecule has 0 bridgehead atoms. The summed E-state index contributed by atoms with van der Waals surface area (Å²) in [5.41, 5.74) is 3.54. The summed E-state index contributed by atoms with van der Waals surface area (Å²) < 4.78 is 10.6. The molecule has 0 heterocycles. The maximum absolute atomic E-state index is 12.2. The first-order chi connectivity index (χ1) is 16.5. The Morgan fingerprint density at radius 1 is 0.912 bits per heavy atom. The lowest BCUT2D eigenvalue weighted by Gasteiger charge is -2.10. The van der Waals surface area contributed by atoms with Crippen LogP contribution in [-0.2, 0) is 14.4 Å². The highest BCUT2D eigenvalue weighted by atomic mass is 35.5. The molecule has 3 amide bonds. The first-order valence-corrected chi connectivity index (χ1v) is 10.4. The zero-order chi connectivity index (χ0) is 24.3. The predicted molar refractivity (Wildman–Crippen MR) is 129 cm³/mol. The van der Waals surface area contributed by atoms with Crippen LogP contribution >= 0.6 is 11.6 Å². The minimum Gasteiger partial charge on any atom is -0.497 e. The topological polar surface area (TPSA) is 118 Å². The fraction of sp³-hybridized carbons (Fsp3) is 0.0833. The Labute approximate surface area is 200 Å². The normalized spacial score (nSPS) is 10.4. The van der Waals surface area contributed by atoms with Crippen molar-refractivity contribution in [1.29, 1.82) is 0 Å². The quantitative estimate of drug-likeness (QED) is 0.259. The van der Waals surface area contributed by atoms with Crippen molar-refractivity contribution in [3.8, 4) is 11.5 Å². The summed E-state index contributed by atoms with van der Waals surface area (Å²) in [7, 11) is 1.53. The molecule has 0 aliphatic rings. The number of benzene rings is 3. The highest BCUT2D eigenvalue weighted by Gasteiger charge is 2.13. The van der Waals surface area contributed by atoms with Crippen molar-refractivity contribution in [2.45, 2.75) is 0 Å². The lowest BCUT2D eigenvalue weighted by Crippen LogP contribution is -2.32. The average molecular weight is 481 g/mol. The summed E-state index contributed by atoms with van der Waals surface area (Å²) in [6, 6.07) is 20.1. The number of halogens is 1. The van der Waals surface area contributed by atoms with Crippen LogP contribution in [0.3, 0.4) is 0 Å². The third-order valence-electron chi connectivity index (χ3n) is 4.35. The van der Waals surface area contributed by atoms with E-state index in [2.05, 4.69) is 21.2 Å². The highest BCUT2D eigenvalue weighted by molar-refractivity contribution is 6.39. The van der Waals surface area contributed by atoms with E-state index < -0.39 is 17.7 Å². The minimum atomic E-state index is -0.954. The number of hydrogen-bond acceptors (Lipinski definition) is 6. The molecular weight excluding hydrogens is 460 g/mol. The van der Waals surface area contributed by atoms with E-state index in [1.807, 2.05) is 0 Å². The Hall–Kier alpha value is -4.37. The molecule has 0 aromatic heterocycles. The van der Waals surface area contributed by atoms with Gasteiger partial charge in [-0.05, 0) is 48.5 Å². The maximum Gasteiger partial charge on any atom is 0.329 e. The Kier molecular flexibility index (Phi) is 8.59. The van der Waals surface area contributed by atoms with Crippen LogP contribution in [0.5, 0.6) is 11.5 Å². The molecule has 0 spiro atoms. The molecule has 0 saturated carbocycles. The fourth-order valence-corrected chi connectivity index (χ4v) is 2.87. The average Bonchev–Trinajstić information content (AvgIpc) is 2.85. The molecule has 10 heteroatoms. The maximum atomic E-state index is 12.2. The van der Waals surface area contributed by atoms with E-state index in [0.717, 1.165) is 0 Å². The van der Waals surface area contributed by atoms with Crippen LogP contribution in [0.25, 0.3) is 0 Å². The van der Waals surface area contributed by atoms with Crippen molar-refractivity contribution in [2.75, 3.05) is 24.4 Å². The lowest BCUT2D eigenvalue weighted by atomic mass is 10.2. The molecule has 0 unspecified atom stereocenters. The van der Waals surface area contributed by atoms with Gasteiger partial charge in [0.05, 0.1) is 24.0 Å². The van der Waals surface area contributed by atoms with Crippen LogP contribution in [0.1, 0.15) is 5.56 Å². The molecule has 0 aliphatic carbocycles. The minimum absolute atomic E-state index is 0.271. The summed E-state index contributed by atoms with van der Waals surface area (Å²) in [6.07, 6.45) is 1.31. The van der Waals surface area contributed by atoms with Crippen molar-refractivity contribution in [3.05, 3.63) is 83.4 Å².